The maximum absolute atomic E-state index is 11.7. The SMILES string of the molecule is CCCC/C=C/C(O)C(COC1OC(CO)C(O)C(O)C1O)NC(=O)CC. The van der Waals surface area contributed by atoms with E-state index in [9.17, 15) is 30.3 Å². The topological polar surface area (TPSA) is 149 Å². The molecule has 6 N–H and O–H groups in total. The third kappa shape index (κ3) is 7.46. The molecule has 27 heavy (non-hydrogen) atoms. The van der Waals surface area contributed by atoms with Crippen molar-refractivity contribution in [3.63, 3.8) is 0 Å². The highest BCUT2D eigenvalue weighted by Crippen LogP contribution is 2.22. The van der Waals surface area contributed by atoms with Crippen LogP contribution in [0.5, 0.6) is 0 Å². The molecule has 158 valence electrons. The highest BCUT2D eigenvalue weighted by atomic mass is 16.7. The molecule has 0 spiro atoms. The molecule has 1 saturated heterocycles. The van der Waals surface area contributed by atoms with Gasteiger partial charge in [0.1, 0.15) is 24.4 Å². The zero-order valence-electron chi connectivity index (χ0n) is 15.9. The van der Waals surface area contributed by atoms with Crippen LogP contribution in [0.1, 0.15) is 39.5 Å². The monoisotopic (exact) mass is 391 g/mol. The molecule has 1 aliphatic rings. The molecule has 1 aliphatic heterocycles. The molecule has 0 aliphatic carbocycles. The van der Waals surface area contributed by atoms with E-state index in [1.807, 2.05) is 6.08 Å². The van der Waals surface area contributed by atoms with Crippen molar-refractivity contribution in [3.05, 3.63) is 12.2 Å². The van der Waals surface area contributed by atoms with E-state index in [2.05, 4.69) is 12.2 Å². The summed E-state index contributed by atoms with van der Waals surface area (Å²) in [7, 11) is 0. The molecule has 9 nitrogen and oxygen atoms in total. The molecular formula is C18H33NO8. The Morgan fingerprint density at radius 3 is 2.52 bits per heavy atom. The first kappa shape index (κ1) is 24.0. The van der Waals surface area contributed by atoms with Crippen LogP contribution >= 0.6 is 0 Å². The van der Waals surface area contributed by atoms with Crippen LogP contribution in [0.4, 0.5) is 0 Å². The third-order valence-electron chi connectivity index (χ3n) is 4.43. The van der Waals surface area contributed by atoms with E-state index in [0.29, 0.717) is 0 Å². The van der Waals surface area contributed by atoms with Crippen molar-refractivity contribution in [2.24, 2.45) is 0 Å². The van der Waals surface area contributed by atoms with Gasteiger partial charge in [-0.25, -0.2) is 0 Å². The van der Waals surface area contributed by atoms with Gasteiger partial charge in [0.2, 0.25) is 5.91 Å². The largest absolute Gasteiger partial charge is 0.394 e. The number of amides is 1. The summed E-state index contributed by atoms with van der Waals surface area (Å²) in [6.07, 6.45) is -1.55. The van der Waals surface area contributed by atoms with Gasteiger partial charge in [-0.1, -0.05) is 38.8 Å². The van der Waals surface area contributed by atoms with Gasteiger partial charge in [0.25, 0.3) is 0 Å². The van der Waals surface area contributed by atoms with Gasteiger partial charge < -0.3 is 40.3 Å². The lowest BCUT2D eigenvalue weighted by Gasteiger charge is -2.40. The number of hydrogen-bond donors (Lipinski definition) is 6. The van der Waals surface area contributed by atoms with Crippen LogP contribution in [0.3, 0.4) is 0 Å². The van der Waals surface area contributed by atoms with Crippen LogP contribution in [0.15, 0.2) is 12.2 Å². The van der Waals surface area contributed by atoms with Crippen molar-refractivity contribution < 1.29 is 39.8 Å². The van der Waals surface area contributed by atoms with Gasteiger partial charge in [-0.3, -0.25) is 4.79 Å². The minimum atomic E-state index is -1.55. The summed E-state index contributed by atoms with van der Waals surface area (Å²) in [5.74, 6) is -0.279. The van der Waals surface area contributed by atoms with Gasteiger partial charge in [0.15, 0.2) is 6.29 Å². The van der Waals surface area contributed by atoms with Gasteiger partial charge >= 0.3 is 0 Å². The van der Waals surface area contributed by atoms with Crippen molar-refractivity contribution in [1.82, 2.24) is 5.32 Å². The molecule has 9 heteroatoms. The fraction of sp³-hybridized carbons (Fsp3) is 0.833. The molecule has 1 heterocycles. The predicted octanol–water partition coefficient (Wildman–Crippen LogP) is -1.19. The van der Waals surface area contributed by atoms with E-state index in [1.165, 1.54) is 0 Å². The number of allylic oxidation sites excluding steroid dienone is 1. The Bertz CT molecular complexity index is 459. The summed E-state index contributed by atoms with van der Waals surface area (Å²) in [6.45, 7) is 2.97. The minimum Gasteiger partial charge on any atom is -0.394 e. The molecule has 7 unspecified atom stereocenters. The number of aliphatic hydroxyl groups excluding tert-OH is 5. The Morgan fingerprint density at radius 1 is 1.22 bits per heavy atom. The molecule has 0 bridgehead atoms. The van der Waals surface area contributed by atoms with Gasteiger partial charge in [-0.2, -0.15) is 0 Å². The first-order valence-electron chi connectivity index (χ1n) is 9.41. The molecular weight excluding hydrogens is 358 g/mol. The summed E-state index contributed by atoms with van der Waals surface area (Å²) in [5.41, 5.74) is 0. The minimum absolute atomic E-state index is 0.201. The van der Waals surface area contributed by atoms with Crippen molar-refractivity contribution in [1.29, 1.82) is 0 Å². The summed E-state index contributed by atoms with van der Waals surface area (Å²) in [6, 6.07) is -0.789. The number of rotatable bonds is 11. The Balaban J connectivity index is 2.71. The molecule has 1 amide bonds. The summed E-state index contributed by atoms with van der Waals surface area (Å²) >= 11 is 0. The van der Waals surface area contributed by atoms with E-state index in [1.54, 1.807) is 13.0 Å². The van der Waals surface area contributed by atoms with E-state index >= 15 is 0 Å². The number of nitrogens with one attached hydrogen (secondary N) is 1. The molecule has 0 radical (unpaired) electrons. The normalized spacial score (nSPS) is 31.0. The predicted molar refractivity (Wildman–Crippen MR) is 96.6 cm³/mol. The first-order chi connectivity index (χ1) is 12.8. The lowest BCUT2D eigenvalue weighted by molar-refractivity contribution is -0.302. The van der Waals surface area contributed by atoms with E-state index in [-0.39, 0.29) is 18.9 Å². The third-order valence-corrected chi connectivity index (χ3v) is 4.43. The second-order valence-electron chi connectivity index (χ2n) is 6.62. The average molecular weight is 391 g/mol. The van der Waals surface area contributed by atoms with Crippen LogP contribution in [-0.4, -0.2) is 87.5 Å². The molecule has 0 aromatic heterocycles. The fourth-order valence-corrected chi connectivity index (χ4v) is 2.63. The number of ether oxygens (including phenoxy) is 2. The maximum atomic E-state index is 11.7. The van der Waals surface area contributed by atoms with E-state index < -0.39 is 49.5 Å². The Morgan fingerprint density at radius 2 is 1.93 bits per heavy atom. The molecule has 0 saturated carbocycles. The standard InChI is InChI=1S/C18H33NO8/c1-3-5-6-7-8-12(21)11(19-14(22)4-2)10-26-18-17(25)16(24)15(23)13(9-20)27-18/h7-8,11-13,15-18,20-21,23-25H,3-6,9-10H2,1-2H3,(H,19,22)/b8-7+. The Kier molecular flexibility index (Phi) is 11.0. The van der Waals surface area contributed by atoms with Crippen LogP contribution in [0.25, 0.3) is 0 Å². The van der Waals surface area contributed by atoms with Crippen molar-refractivity contribution in [3.8, 4) is 0 Å². The van der Waals surface area contributed by atoms with Gasteiger partial charge in [0, 0.05) is 6.42 Å². The molecule has 1 rings (SSSR count). The first-order valence-corrected chi connectivity index (χ1v) is 9.41. The highest BCUT2D eigenvalue weighted by Gasteiger charge is 2.44. The van der Waals surface area contributed by atoms with Crippen LogP contribution in [0, 0.1) is 0 Å². The van der Waals surface area contributed by atoms with Gasteiger partial charge in [-0.05, 0) is 6.42 Å². The molecule has 0 aromatic carbocycles. The quantitative estimate of drug-likeness (QED) is 0.190. The van der Waals surface area contributed by atoms with Crippen LogP contribution in [-0.2, 0) is 14.3 Å². The Hall–Kier alpha value is -1.07. The zero-order valence-corrected chi connectivity index (χ0v) is 15.9. The van der Waals surface area contributed by atoms with Crippen molar-refractivity contribution >= 4 is 5.91 Å². The Labute approximate surface area is 159 Å². The number of aliphatic hydroxyl groups is 5. The molecule has 0 aromatic rings. The summed E-state index contributed by atoms with van der Waals surface area (Å²) in [5, 5.41) is 51.7. The smallest absolute Gasteiger partial charge is 0.220 e. The van der Waals surface area contributed by atoms with Gasteiger partial charge in [0.05, 0.1) is 25.4 Å². The van der Waals surface area contributed by atoms with Crippen molar-refractivity contribution in [2.75, 3.05) is 13.2 Å². The second-order valence-corrected chi connectivity index (χ2v) is 6.62. The van der Waals surface area contributed by atoms with Crippen LogP contribution < -0.4 is 5.32 Å². The van der Waals surface area contributed by atoms with E-state index in [4.69, 9.17) is 9.47 Å². The molecule has 1 fully saturated rings. The molecule has 7 atom stereocenters. The summed E-state index contributed by atoms with van der Waals surface area (Å²) < 4.78 is 10.7. The van der Waals surface area contributed by atoms with Crippen molar-refractivity contribution in [2.45, 2.75) is 82.4 Å². The fourth-order valence-electron chi connectivity index (χ4n) is 2.63. The lowest BCUT2D eigenvalue weighted by atomic mass is 9.99. The lowest BCUT2D eigenvalue weighted by Crippen LogP contribution is -2.60. The average Bonchev–Trinajstić information content (AvgIpc) is 2.67. The number of hydrogen-bond acceptors (Lipinski definition) is 8. The number of unbranched alkanes of at least 4 members (excludes halogenated alkanes) is 2. The zero-order chi connectivity index (χ0) is 20.4. The number of carbonyl (C=O) groups excluding carboxylic acids is 1. The van der Waals surface area contributed by atoms with Gasteiger partial charge in [-0.15, -0.1) is 0 Å². The number of carbonyl (C=O) groups is 1. The second kappa shape index (κ2) is 12.4. The van der Waals surface area contributed by atoms with Crippen LogP contribution in [0.2, 0.25) is 0 Å². The van der Waals surface area contributed by atoms with E-state index in [0.717, 1.165) is 19.3 Å². The highest BCUT2D eigenvalue weighted by molar-refractivity contribution is 5.75. The summed E-state index contributed by atoms with van der Waals surface area (Å²) in [4.78, 5) is 11.7. The maximum Gasteiger partial charge on any atom is 0.220 e.